The molecule has 114 valence electrons. The second kappa shape index (κ2) is 5.21. The van der Waals surface area contributed by atoms with E-state index in [-0.39, 0.29) is 0 Å². The highest BCUT2D eigenvalue weighted by Crippen LogP contribution is 2.43. The Hall–Kier alpha value is -1.65. The van der Waals surface area contributed by atoms with Crippen molar-refractivity contribution in [3.05, 3.63) is 54.6 Å². The molecule has 0 spiro atoms. The summed E-state index contributed by atoms with van der Waals surface area (Å²) >= 11 is 0. The summed E-state index contributed by atoms with van der Waals surface area (Å²) in [6, 6.07) is 17.1. The molecule has 22 heavy (non-hydrogen) atoms. The van der Waals surface area contributed by atoms with Crippen LogP contribution < -0.4 is 0 Å². The van der Waals surface area contributed by atoms with Crippen LogP contribution in [-0.2, 0) is 10.0 Å². The molecule has 1 saturated heterocycles. The van der Waals surface area contributed by atoms with E-state index in [0.29, 0.717) is 29.8 Å². The Balaban J connectivity index is 1.76. The highest BCUT2D eigenvalue weighted by molar-refractivity contribution is 7.89. The maximum absolute atomic E-state index is 13.1. The van der Waals surface area contributed by atoms with Gasteiger partial charge in [-0.3, -0.25) is 0 Å². The van der Waals surface area contributed by atoms with Crippen molar-refractivity contribution in [2.24, 2.45) is 11.8 Å². The lowest BCUT2D eigenvalue weighted by atomic mass is 9.77. The first-order valence-electron chi connectivity index (χ1n) is 7.81. The zero-order valence-electron chi connectivity index (χ0n) is 12.4. The fourth-order valence-corrected chi connectivity index (χ4v) is 5.37. The van der Waals surface area contributed by atoms with Gasteiger partial charge in [0.15, 0.2) is 0 Å². The van der Waals surface area contributed by atoms with Crippen LogP contribution in [-0.4, -0.2) is 25.8 Å². The summed E-state index contributed by atoms with van der Waals surface area (Å²) in [5.74, 6) is 1.16. The third-order valence-electron chi connectivity index (χ3n) is 5.04. The minimum absolute atomic E-state index is 0.433. The average molecular weight is 313 g/mol. The molecule has 3 nitrogen and oxygen atoms in total. The molecule has 0 radical (unpaired) electrons. The van der Waals surface area contributed by atoms with Crippen molar-refractivity contribution in [1.82, 2.24) is 4.31 Å². The van der Waals surface area contributed by atoms with Crippen molar-refractivity contribution in [3.63, 3.8) is 0 Å². The summed E-state index contributed by atoms with van der Waals surface area (Å²) in [6.07, 6.45) is 2.36. The topological polar surface area (TPSA) is 37.4 Å². The average Bonchev–Trinajstić information content (AvgIpc) is 2.84. The lowest BCUT2D eigenvalue weighted by Crippen LogP contribution is -2.29. The Morgan fingerprint density at radius 2 is 1.41 bits per heavy atom. The van der Waals surface area contributed by atoms with Gasteiger partial charge >= 0.3 is 0 Å². The van der Waals surface area contributed by atoms with Gasteiger partial charge in [0.25, 0.3) is 0 Å². The molecule has 2 aromatic carbocycles. The highest BCUT2D eigenvalue weighted by Gasteiger charge is 2.44. The second-order valence-electron chi connectivity index (χ2n) is 6.28. The van der Waals surface area contributed by atoms with E-state index in [1.165, 1.54) is 12.8 Å². The van der Waals surface area contributed by atoms with E-state index in [0.717, 1.165) is 11.1 Å². The molecule has 2 atom stereocenters. The van der Waals surface area contributed by atoms with Gasteiger partial charge < -0.3 is 0 Å². The zero-order valence-corrected chi connectivity index (χ0v) is 13.2. The van der Waals surface area contributed by atoms with Gasteiger partial charge in [-0.15, -0.1) is 0 Å². The Morgan fingerprint density at radius 1 is 0.818 bits per heavy atom. The summed E-state index contributed by atoms with van der Waals surface area (Å²) in [4.78, 5) is 0.433. The van der Waals surface area contributed by atoms with Gasteiger partial charge in [-0.1, -0.05) is 48.5 Å². The largest absolute Gasteiger partial charge is 0.243 e. The van der Waals surface area contributed by atoms with Crippen LogP contribution in [0.25, 0.3) is 11.1 Å². The summed E-state index contributed by atoms with van der Waals surface area (Å²) in [6.45, 7) is 1.38. The molecular formula is C18H19NO2S. The molecular weight excluding hydrogens is 294 g/mol. The van der Waals surface area contributed by atoms with Gasteiger partial charge in [-0.05, 0) is 36.3 Å². The minimum atomic E-state index is -3.41. The molecule has 0 aromatic heterocycles. The highest BCUT2D eigenvalue weighted by atomic mass is 32.2. The fraction of sp³-hybridized carbons (Fsp3) is 0.333. The van der Waals surface area contributed by atoms with Crippen molar-refractivity contribution < 1.29 is 8.42 Å². The Kier molecular flexibility index (Phi) is 3.31. The molecule has 2 fully saturated rings. The first kappa shape index (κ1) is 14.0. The third-order valence-corrected chi connectivity index (χ3v) is 6.93. The molecule has 0 amide bonds. The molecule has 1 saturated carbocycles. The van der Waals surface area contributed by atoms with Crippen LogP contribution in [0.1, 0.15) is 12.8 Å². The van der Waals surface area contributed by atoms with Crippen molar-refractivity contribution >= 4 is 10.0 Å². The molecule has 4 rings (SSSR count). The van der Waals surface area contributed by atoms with Crippen molar-refractivity contribution in [2.45, 2.75) is 17.7 Å². The van der Waals surface area contributed by atoms with Crippen LogP contribution in [0.5, 0.6) is 0 Å². The summed E-state index contributed by atoms with van der Waals surface area (Å²) in [7, 11) is -3.41. The number of hydrogen-bond acceptors (Lipinski definition) is 2. The Morgan fingerprint density at radius 3 is 2.05 bits per heavy atom. The summed E-state index contributed by atoms with van der Waals surface area (Å²) < 4.78 is 27.8. The van der Waals surface area contributed by atoms with E-state index >= 15 is 0 Å². The number of nitrogens with zero attached hydrogens (tertiary/aromatic N) is 1. The number of benzene rings is 2. The summed E-state index contributed by atoms with van der Waals surface area (Å²) in [5.41, 5.74) is 1.74. The van der Waals surface area contributed by atoms with Gasteiger partial charge in [-0.25, -0.2) is 8.42 Å². The van der Waals surface area contributed by atoms with E-state index < -0.39 is 10.0 Å². The monoisotopic (exact) mass is 313 g/mol. The Bertz CT molecular complexity index is 774. The van der Waals surface area contributed by atoms with Crippen LogP contribution in [0, 0.1) is 11.8 Å². The minimum Gasteiger partial charge on any atom is -0.207 e. The maximum atomic E-state index is 13.1. The zero-order chi connectivity index (χ0) is 15.2. The fourth-order valence-electron chi connectivity index (χ4n) is 3.60. The van der Waals surface area contributed by atoms with Gasteiger partial charge in [0.1, 0.15) is 0 Å². The standard InChI is InChI=1S/C18H19NO2S/c20-22(21,19-12-15-10-11-16(15)13-19)18-9-5-4-8-17(18)14-6-2-1-3-7-14/h1-9,15-16H,10-13H2/t15-,16+. The van der Waals surface area contributed by atoms with Gasteiger partial charge in [0, 0.05) is 18.7 Å². The second-order valence-corrected chi connectivity index (χ2v) is 8.19. The van der Waals surface area contributed by atoms with Gasteiger partial charge in [0.05, 0.1) is 4.90 Å². The van der Waals surface area contributed by atoms with E-state index in [2.05, 4.69) is 0 Å². The van der Waals surface area contributed by atoms with Crippen molar-refractivity contribution in [1.29, 1.82) is 0 Å². The predicted octanol–water partition coefficient (Wildman–Crippen LogP) is 3.38. The molecule has 0 N–H and O–H groups in total. The normalized spacial score (nSPS) is 24.7. The number of sulfonamides is 1. The van der Waals surface area contributed by atoms with Crippen LogP contribution in [0.3, 0.4) is 0 Å². The molecule has 0 bridgehead atoms. The molecule has 1 heterocycles. The Labute approximate surface area is 131 Å². The first-order valence-corrected chi connectivity index (χ1v) is 9.25. The van der Waals surface area contributed by atoms with Crippen LogP contribution in [0.15, 0.2) is 59.5 Å². The van der Waals surface area contributed by atoms with E-state index in [1.54, 1.807) is 10.4 Å². The lowest BCUT2D eigenvalue weighted by molar-refractivity contribution is 0.243. The van der Waals surface area contributed by atoms with Gasteiger partial charge in [-0.2, -0.15) is 4.31 Å². The van der Waals surface area contributed by atoms with Crippen LogP contribution >= 0.6 is 0 Å². The van der Waals surface area contributed by atoms with Crippen molar-refractivity contribution in [3.8, 4) is 11.1 Å². The van der Waals surface area contributed by atoms with Crippen LogP contribution in [0.4, 0.5) is 0 Å². The molecule has 1 aliphatic carbocycles. The third kappa shape index (κ3) is 2.18. The SMILES string of the molecule is O=S(=O)(c1ccccc1-c1ccccc1)N1C[C@H]2CC[C@H]2C1. The smallest absolute Gasteiger partial charge is 0.207 e. The number of fused-ring (bicyclic) bond motifs is 1. The van der Waals surface area contributed by atoms with E-state index in [1.807, 2.05) is 48.5 Å². The quantitative estimate of drug-likeness (QED) is 0.871. The van der Waals surface area contributed by atoms with Crippen LogP contribution in [0.2, 0.25) is 0 Å². The van der Waals surface area contributed by atoms with E-state index in [4.69, 9.17) is 0 Å². The molecule has 2 aromatic rings. The number of hydrogen-bond donors (Lipinski definition) is 0. The number of rotatable bonds is 3. The molecule has 1 aliphatic heterocycles. The molecule has 2 aliphatic rings. The van der Waals surface area contributed by atoms with Gasteiger partial charge in [0.2, 0.25) is 10.0 Å². The maximum Gasteiger partial charge on any atom is 0.243 e. The summed E-state index contributed by atoms with van der Waals surface area (Å²) in [5, 5.41) is 0. The van der Waals surface area contributed by atoms with E-state index in [9.17, 15) is 8.42 Å². The molecule has 4 heteroatoms. The first-order chi connectivity index (χ1) is 10.7. The molecule has 0 unspecified atom stereocenters. The van der Waals surface area contributed by atoms with Crippen molar-refractivity contribution in [2.75, 3.05) is 13.1 Å². The predicted molar refractivity (Wildman–Crippen MR) is 86.9 cm³/mol. The lowest BCUT2D eigenvalue weighted by Gasteiger charge is -2.27.